The zero-order valence-corrected chi connectivity index (χ0v) is 50.8. The van der Waals surface area contributed by atoms with E-state index in [0.29, 0.717) is 0 Å². The standard InChI is InChI=1S/C66H81N5O12S/c1-42(2)37-53(61(78)83-65(9,10)11)70-59(76)51(35-36-56(73)81-63(3,4)5)69-60(77)54(41-84-66(43-25-15-12-16-26-43,44-27-17-13-18-28-44)45-29-19-14-20-30-45)68-55(72)39-67-58(75)52(38-57(74)82-64(6,7)8)71-62(79)80-40-50-48-33-23-21-31-46(48)47-32-22-24-34-49(47)50/h12-34,42,50-54H,35-41H2,1-11H3,(H,67,75)(H,68,72)(H,69,77)(H,70,76)(H,71,79)/t51-,52-,53-,54-/m0/s1. The lowest BCUT2D eigenvalue weighted by molar-refractivity contribution is -0.160. The monoisotopic (exact) mass is 1170 g/mol. The van der Waals surface area contributed by atoms with Crippen molar-refractivity contribution in [2.24, 2.45) is 5.92 Å². The number of hydrogen-bond donors (Lipinski definition) is 5. The Hall–Kier alpha value is -7.99. The third kappa shape index (κ3) is 19.0. The smallest absolute Gasteiger partial charge is 0.407 e. The van der Waals surface area contributed by atoms with Crippen LogP contribution in [0.2, 0.25) is 0 Å². The summed E-state index contributed by atoms with van der Waals surface area (Å²) in [6, 6.07) is 38.9. The van der Waals surface area contributed by atoms with Crippen LogP contribution >= 0.6 is 11.8 Å². The summed E-state index contributed by atoms with van der Waals surface area (Å²) in [6.45, 7) is 18.1. The summed E-state index contributed by atoms with van der Waals surface area (Å²) in [5.41, 5.74) is 3.78. The Morgan fingerprint density at radius 3 is 1.44 bits per heavy atom. The lowest BCUT2D eigenvalue weighted by atomic mass is 9.84. The predicted molar refractivity (Wildman–Crippen MR) is 323 cm³/mol. The van der Waals surface area contributed by atoms with Gasteiger partial charge in [-0.05, 0) is 120 Å². The normalized spacial score (nSPS) is 13.8. The zero-order valence-electron chi connectivity index (χ0n) is 50.0. The van der Waals surface area contributed by atoms with Crippen LogP contribution in [0.25, 0.3) is 11.1 Å². The highest BCUT2D eigenvalue weighted by Crippen LogP contribution is 2.49. The molecular formula is C66H81N5O12S. The molecule has 0 fully saturated rings. The first-order valence-electron chi connectivity index (χ1n) is 28.4. The molecule has 5 amide bonds. The molecule has 0 saturated carbocycles. The van der Waals surface area contributed by atoms with E-state index in [9.17, 15) is 33.6 Å². The first-order valence-corrected chi connectivity index (χ1v) is 29.4. The quantitative estimate of drug-likeness (QED) is 0.0208. The molecule has 1 aliphatic rings. The summed E-state index contributed by atoms with van der Waals surface area (Å²) in [6.07, 6.45) is -2.02. The number of carbonyl (C=O) groups is 8. The fourth-order valence-corrected chi connectivity index (χ4v) is 11.3. The molecule has 0 aromatic heterocycles. The number of ether oxygens (including phenoxy) is 4. The van der Waals surface area contributed by atoms with Crippen LogP contribution < -0.4 is 26.6 Å². The van der Waals surface area contributed by atoms with E-state index in [-0.39, 0.29) is 43.5 Å². The second-order valence-corrected chi connectivity index (χ2v) is 25.4. The Kier molecular flexibility index (Phi) is 22.5. The molecule has 84 heavy (non-hydrogen) atoms. The highest BCUT2D eigenvalue weighted by molar-refractivity contribution is 8.00. The van der Waals surface area contributed by atoms with Crippen molar-refractivity contribution in [2.75, 3.05) is 18.9 Å². The van der Waals surface area contributed by atoms with Crippen molar-refractivity contribution in [1.82, 2.24) is 26.6 Å². The van der Waals surface area contributed by atoms with Crippen LogP contribution in [0.1, 0.15) is 136 Å². The SMILES string of the molecule is CC(C)C[C@H](NC(=O)[C@H](CCC(=O)OC(C)(C)C)NC(=O)[C@H](CSC(c1ccccc1)(c1ccccc1)c1ccccc1)NC(=O)CNC(=O)[C@H](CC(=O)OC(C)(C)C)NC(=O)OCC1c2ccccc2-c2ccccc21)C(=O)OC(C)(C)C. The topological polar surface area (TPSA) is 234 Å². The molecule has 0 spiro atoms. The Morgan fingerprint density at radius 2 is 0.952 bits per heavy atom. The predicted octanol–water partition coefficient (Wildman–Crippen LogP) is 9.43. The molecule has 5 N–H and O–H groups in total. The van der Waals surface area contributed by atoms with Gasteiger partial charge in [0, 0.05) is 18.1 Å². The molecule has 0 heterocycles. The number of carbonyl (C=O) groups excluding carboxylic acids is 8. The fourth-order valence-electron chi connectivity index (χ4n) is 9.76. The first kappa shape index (κ1) is 65.2. The van der Waals surface area contributed by atoms with Gasteiger partial charge in [0.1, 0.15) is 47.6 Å². The van der Waals surface area contributed by atoms with Crippen LogP contribution in [0.15, 0.2) is 140 Å². The first-order chi connectivity index (χ1) is 39.6. The van der Waals surface area contributed by atoms with Crippen molar-refractivity contribution in [2.45, 2.75) is 153 Å². The van der Waals surface area contributed by atoms with E-state index in [2.05, 4.69) is 26.6 Å². The number of fused-ring (bicyclic) bond motifs is 3. The molecule has 0 bridgehead atoms. The van der Waals surface area contributed by atoms with Gasteiger partial charge in [0.25, 0.3) is 0 Å². The number of esters is 3. The van der Waals surface area contributed by atoms with Gasteiger partial charge in [-0.2, -0.15) is 0 Å². The van der Waals surface area contributed by atoms with Gasteiger partial charge in [-0.25, -0.2) is 9.59 Å². The second-order valence-electron chi connectivity index (χ2n) is 24.2. The minimum atomic E-state index is -1.58. The molecule has 18 heteroatoms. The van der Waals surface area contributed by atoms with Gasteiger partial charge in [0.15, 0.2) is 0 Å². The van der Waals surface area contributed by atoms with Crippen molar-refractivity contribution >= 4 is 59.4 Å². The van der Waals surface area contributed by atoms with Gasteiger partial charge < -0.3 is 45.5 Å². The minimum Gasteiger partial charge on any atom is -0.460 e. The average molecular weight is 1170 g/mol. The molecule has 0 unspecified atom stereocenters. The van der Waals surface area contributed by atoms with E-state index in [1.54, 1.807) is 62.3 Å². The number of thioether (sulfide) groups is 1. The lowest BCUT2D eigenvalue weighted by Gasteiger charge is -2.36. The number of benzene rings is 5. The Bertz CT molecular complexity index is 2940. The van der Waals surface area contributed by atoms with Crippen molar-refractivity contribution in [3.05, 3.63) is 167 Å². The summed E-state index contributed by atoms with van der Waals surface area (Å²) in [4.78, 5) is 112. The highest BCUT2D eigenvalue weighted by atomic mass is 32.2. The van der Waals surface area contributed by atoms with Crippen LogP contribution in [0.4, 0.5) is 4.79 Å². The maximum absolute atomic E-state index is 15.1. The van der Waals surface area contributed by atoms with Gasteiger partial charge in [0.05, 0.1) is 17.7 Å². The molecule has 6 rings (SSSR count). The van der Waals surface area contributed by atoms with E-state index in [1.807, 2.05) is 153 Å². The number of rotatable bonds is 25. The number of amides is 5. The molecule has 4 atom stereocenters. The van der Waals surface area contributed by atoms with E-state index in [1.165, 1.54) is 11.8 Å². The molecule has 448 valence electrons. The minimum absolute atomic E-state index is 0.0786. The van der Waals surface area contributed by atoms with Gasteiger partial charge in [-0.15, -0.1) is 11.8 Å². The lowest BCUT2D eigenvalue weighted by Crippen LogP contribution is -2.58. The maximum Gasteiger partial charge on any atom is 0.407 e. The molecule has 0 aliphatic heterocycles. The summed E-state index contributed by atoms with van der Waals surface area (Å²) in [7, 11) is 0. The third-order valence-corrected chi connectivity index (χ3v) is 14.9. The molecule has 0 saturated heterocycles. The van der Waals surface area contributed by atoms with Crippen LogP contribution in [0.5, 0.6) is 0 Å². The maximum atomic E-state index is 15.1. The van der Waals surface area contributed by atoms with Gasteiger partial charge >= 0.3 is 24.0 Å². The van der Waals surface area contributed by atoms with Crippen LogP contribution in [0, 0.1) is 5.92 Å². The largest absolute Gasteiger partial charge is 0.460 e. The van der Waals surface area contributed by atoms with Gasteiger partial charge in [-0.1, -0.05) is 153 Å². The van der Waals surface area contributed by atoms with Crippen molar-refractivity contribution < 1.29 is 57.3 Å². The summed E-state index contributed by atoms with van der Waals surface area (Å²) in [5, 5.41) is 13.4. The van der Waals surface area contributed by atoms with Crippen LogP contribution in [-0.4, -0.2) is 108 Å². The van der Waals surface area contributed by atoms with Crippen molar-refractivity contribution in [3.63, 3.8) is 0 Å². The Labute approximate surface area is 497 Å². The zero-order chi connectivity index (χ0) is 61.4. The molecule has 5 aromatic rings. The van der Waals surface area contributed by atoms with Gasteiger partial charge in [-0.3, -0.25) is 28.8 Å². The third-order valence-electron chi connectivity index (χ3n) is 13.2. The molecule has 17 nitrogen and oxygen atoms in total. The van der Waals surface area contributed by atoms with E-state index in [0.717, 1.165) is 38.9 Å². The van der Waals surface area contributed by atoms with Crippen LogP contribution in [0.3, 0.4) is 0 Å². The van der Waals surface area contributed by atoms with Crippen molar-refractivity contribution in [3.8, 4) is 11.1 Å². The number of nitrogens with one attached hydrogen (secondary N) is 5. The van der Waals surface area contributed by atoms with E-state index >= 15 is 4.79 Å². The van der Waals surface area contributed by atoms with E-state index < -0.39 is 106 Å². The summed E-state index contributed by atoms with van der Waals surface area (Å²) >= 11 is 1.34. The molecule has 1 aliphatic carbocycles. The second kappa shape index (κ2) is 29.0. The van der Waals surface area contributed by atoms with Crippen LogP contribution in [-0.2, 0) is 57.3 Å². The Balaban J connectivity index is 1.30. The summed E-state index contributed by atoms with van der Waals surface area (Å²) in [5.74, 6) is -6.11. The summed E-state index contributed by atoms with van der Waals surface area (Å²) < 4.78 is 21.5. The fraction of sp³-hybridized carbons (Fsp3) is 0.424. The van der Waals surface area contributed by atoms with E-state index in [4.69, 9.17) is 18.9 Å². The highest BCUT2D eigenvalue weighted by Gasteiger charge is 2.40. The molecule has 5 aromatic carbocycles. The molecule has 0 radical (unpaired) electrons. The molecular weight excluding hydrogens is 1090 g/mol. The Morgan fingerprint density at radius 1 is 0.500 bits per heavy atom. The average Bonchev–Trinajstić information content (AvgIpc) is 1.53. The van der Waals surface area contributed by atoms with Crippen molar-refractivity contribution in [1.29, 1.82) is 0 Å². The number of hydrogen-bond acceptors (Lipinski definition) is 13. The van der Waals surface area contributed by atoms with Gasteiger partial charge in [0.2, 0.25) is 23.6 Å². The number of alkyl carbamates (subject to hydrolysis) is 1.